The van der Waals surface area contributed by atoms with Crippen molar-refractivity contribution < 1.29 is 0 Å². The van der Waals surface area contributed by atoms with Crippen LogP contribution in [0.2, 0.25) is 0 Å². The van der Waals surface area contributed by atoms with Crippen molar-refractivity contribution in [2.24, 2.45) is 0 Å². The molecule has 0 saturated heterocycles. The third kappa shape index (κ3) is 1.37. The summed E-state index contributed by atoms with van der Waals surface area (Å²) in [4.78, 5) is 1.32. The number of hydrogen-bond acceptors (Lipinski definition) is 4. The van der Waals surface area contributed by atoms with E-state index < -0.39 is 0 Å². The Morgan fingerprint density at radius 1 is 1.23 bits per heavy atom. The molecule has 0 aliphatic rings. The second-order valence-electron chi connectivity index (χ2n) is 2.35. The minimum atomic E-state index is 0.0730. The number of nitrogens with zero attached hydrogens (tertiary/aromatic N) is 5. The summed E-state index contributed by atoms with van der Waals surface area (Å²) in [6.07, 6.45) is 0. The lowest BCUT2D eigenvalue weighted by molar-refractivity contribution is 0.719. The minimum absolute atomic E-state index is 0.0730. The van der Waals surface area contributed by atoms with Crippen molar-refractivity contribution in [3.8, 4) is 11.8 Å². The van der Waals surface area contributed by atoms with E-state index in [1.165, 1.54) is 4.80 Å². The van der Waals surface area contributed by atoms with Crippen molar-refractivity contribution in [1.82, 2.24) is 20.2 Å². The van der Waals surface area contributed by atoms with Gasteiger partial charge in [-0.25, -0.2) is 0 Å². The quantitative estimate of drug-likeness (QED) is 0.627. The molecule has 0 radical (unpaired) electrons. The number of tetrazole rings is 1. The Morgan fingerprint density at radius 2 is 2.00 bits per heavy atom. The summed E-state index contributed by atoms with van der Waals surface area (Å²) in [5.74, 6) is 0.0730. The molecule has 1 heterocycles. The molecule has 1 aromatic heterocycles. The Morgan fingerprint density at radius 3 is 2.62 bits per heavy atom. The molecule has 0 amide bonds. The summed E-state index contributed by atoms with van der Waals surface area (Å²) in [7, 11) is 0. The predicted molar refractivity (Wildman–Crippen MR) is 43.9 cm³/mol. The maximum atomic E-state index is 8.47. The summed E-state index contributed by atoms with van der Waals surface area (Å²) < 4.78 is 0. The van der Waals surface area contributed by atoms with Gasteiger partial charge in [0.25, 0.3) is 5.82 Å². The van der Waals surface area contributed by atoms with E-state index in [1.54, 1.807) is 0 Å². The SMILES string of the molecule is N#Cc1nnn(-c2ccccc2)n1. The van der Waals surface area contributed by atoms with Gasteiger partial charge in [0, 0.05) is 0 Å². The first-order valence-electron chi connectivity index (χ1n) is 3.66. The molecular formula is C8H5N5. The van der Waals surface area contributed by atoms with E-state index in [2.05, 4.69) is 15.4 Å². The van der Waals surface area contributed by atoms with E-state index >= 15 is 0 Å². The van der Waals surface area contributed by atoms with Gasteiger partial charge in [-0.2, -0.15) is 5.26 Å². The molecule has 0 N–H and O–H groups in total. The third-order valence-corrected chi connectivity index (χ3v) is 1.50. The molecular weight excluding hydrogens is 166 g/mol. The number of para-hydroxylation sites is 1. The molecule has 0 saturated carbocycles. The van der Waals surface area contributed by atoms with Gasteiger partial charge in [-0.15, -0.1) is 9.90 Å². The smallest absolute Gasteiger partial charge is 0.189 e. The standard InChI is InChI=1S/C8H5N5/c9-6-8-10-12-13(11-8)7-4-2-1-3-5-7/h1-5H. The van der Waals surface area contributed by atoms with Gasteiger partial charge >= 0.3 is 0 Å². The van der Waals surface area contributed by atoms with Crippen molar-refractivity contribution in [3.05, 3.63) is 36.2 Å². The van der Waals surface area contributed by atoms with Crippen LogP contribution in [0.4, 0.5) is 0 Å². The van der Waals surface area contributed by atoms with Gasteiger partial charge < -0.3 is 0 Å². The van der Waals surface area contributed by atoms with Gasteiger partial charge in [-0.1, -0.05) is 23.3 Å². The predicted octanol–water partition coefficient (Wildman–Crippen LogP) is 0.534. The van der Waals surface area contributed by atoms with Gasteiger partial charge in [0.2, 0.25) is 0 Å². The van der Waals surface area contributed by atoms with Gasteiger partial charge in [0.05, 0.1) is 5.69 Å². The average Bonchev–Trinajstić information content (AvgIpc) is 2.67. The Bertz CT molecular complexity index is 439. The molecule has 0 spiro atoms. The number of rotatable bonds is 1. The average molecular weight is 171 g/mol. The van der Waals surface area contributed by atoms with E-state index in [9.17, 15) is 0 Å². The lowest BCUT2D eigenvalue weighted by atomic mass is 10.3. The van der Waals surface area contributed by atoms with Gasteiger partial charge in [0.1, 0.15) is 6.07 Å². The second kappa shape index (κ2) is 3.03. The van der Waals surface area contributed by atoms with E-state index in [0.29, 0.717) is 0 Å². The number of hydrogen-bond donors (Lipinski definition) is 0. The molecule has 2 aromatic rings. The molecule has 13 heavy (non-hydrogen) atoms. The van der Waals surface area contributed by atoms with Crippen LogP contribution in [0.1, 0.15) is 5.82 Å². The maximum absolute atomic E-state index is 8.47. The summed E-state index contributed by atoms with van der Waals surface area (Å²) in [5, 5.41) is 19.5. The Hall–Kier alpha value is -2.22. The molecule has 0 atom stereocenters. The van der Waals surface area contributed by atoms with Crippen molar-refractivity contribution in [2.75, 3.05) is 0 Å². The highest BCUT2D eigenvalue weighted by Gasteiger charge is 2.01. The molecule has 5 nitrogen and oxygen atoms in total. The first-order chi connectivity index (χ1) is 6.40. The van der Waals surface area contributed by atoms with Crippen molar-refractivity contribution in [3.63, 3.8) is 0 Å². The molecule has 1 aromatic carbocycles. The number of nitriles is 1. The fourth-order valence-electron chi connectivity index (χ4n) is 0.930. The van der Waals surface area contributed by atoms with Crippen LogP contribution < -0.4 is 0 Å². The van der Waals surface area contributed by atoms with Crippen LogP contribution in [-0.2, 0) is 0 Å². The summed E-state index contributed by atoms with van der Waals surface area (Å²) >= 11 is 0. The van der Waals surface area contributed by atoms with Crippen LogP contribution in [0, 0.1) is 11.3 Å². The van der Waals surface area contributed by atoms with E-state index in [1.807, 2.05) is 36.4 Å². The van der Waals surface area contributed by atoms with Gasteiger partial charge in [-0.3, -0.25) is 0 Å². The monoisotopic (exact) mass is 171 g/mol. The Balaban J connectivity index is 2.43. The lowest BCUT2D eigenvalue weighted by Crippen LogP contribution is -1.98. The molecule has 0 bridgehead atoms. The highest BCUT2D eigenvalue weighted by Crippen LogP contribution is 2.01. The third-order valence-electron chi connectivity index (χ3n) is 1.50. The van der Waals surface area contributed by atoms with E-state index in [0.717, 1.165) is 5.69 Å². The molecule has 0 aliphatic carbocycles. The summed E-state index contributed by atoms with van der Waals surface area (Å²) in [5.41, 5.74) is 0.788. The van der Waals surface area contributed by atoms with Gasteiger partial charge in [-0.05, 0) is 17.3 Å². The van der Waals surface area contributed by atoms with E-state index in [-0.39, 0.29) is 5.82 Å². The summed E-state index contributed by atoms with van der Waals surface area (Å²) in [6.45, 7) is 0. The van der Waals surface area contributed by atoms with Crippen LogP contribution in [-0.4, -0.2) is 20.2 Å². The fourth-order valence-corrected chi connectivity index (χ4v) is 0.930. The van der Waals surface area contributed by atoms with Crippen LogP contribution in [0.3, 0.4) is 0 Å². The number of aromatic nitrogens is 4. The normalized spacial score (nSPS) is 9.46. The van der Waals surface area contributed by atoms with Crippen molar-refractivity contribution >= 4 is 0 Å². The van der Waals surface area contributed by atoms with Crippen molar-refractivity contribution in [1.29, 1.82) is 5.26 Å². The highest BCUT2D eigenvalue weighted by molar-refractivity contribution is 5.28. The van der Waals surface area contributed by atoms with Crippen molar-refractivity contribution in [2.45, 2.75) is 0 Å². The van der Waals surface area contributed by atoms with Crippen LogP contribution in [0.25, 0.3) is 5.69 Å². The molecule has 2 rings (SSSR count). The lowest BCUT2D eigenvalue weighted by Gasteiger charge is -1.94. The molecule has 0 unspecified atom stereocenters. The largest absolute Gasteiger partial charge is 0.274 e. The summed E-state index contributed by atoms with van der Waals surface area (Å²) in [6, 6.07) is 11.1. The molecule has 0 aliphatic heterocycles. The first kappa shape index (κ1) is 7.43. The van der Waals surface area contributed by atoms with Gasteiger partial charge in [0.15, 0.2) is 0 Å². The zero-order chi connectivity index (χ0) is 9.10. The first-order valence-corrected chi connectivity index (χ1v) is 3.66. The molecule has 5 heteroatoms. The molecule has 0 fully saturated rings. The Labute approximate surface area is 74.2 Å². The van der Waals surface area contributed by atoms with E-state index in [4.69, 9.17) is 5.26 Å². The van der Waals surface area contributed by atoms with Crippen LogP contribution >= 0.6 is 0 Å². The fraction of sp³-hybridized carbons (Fsp3) is 0. The minimum Gasteiger partial charge on any atom is -0.189 e. The molecule has 62 valence electrons. The second-order valence-corrected chi connectivity index (χ2v) is 2.35. The van der Waals surface area contributed by atoms with Crippen LogP contribution in [0.15, 0.2) is 30.3 Å². The zero-order valence-corrected chi connectivity index (χ0v) is 6.62. The number of benzene rings is 1. The maximum Gasteiger partial charge on any atom is 0.274 e. The topological polar surface area (TPSA) is 67.4 Å². The Kier molecular flexibility index (Phi) is 1.73. The highest BCUT2D eigenvalue weighted by atomic mass is 15.6. The zero-order valence-electron chi connectivity index (χ0n) is 6.62. The van der Waals surface area contributed by atoms with Crippen LogP contribution in [0.5, 0.6) is 0 Å².